The van der Waals surface area contributed by atoms with Crippen molar-refractivity contribution in [2.24, 2.45) is 0 Å². The van der Waals surface area contributed by atoms with Gasteiger partial charge in [0, 0.05) is 0 Å². The predicted molar refractivity (Wildman–Crippen MR) is 66.9 cm³/mol. The van der Waals surface area contributed by atoms with Crippen LogP contribution in [0.3, 0.4) is 0 Å². The van der Waals surface area contributed by atoms with Crippen LogP contribution in [-0.2, 0) is 0 Å². The quantitative estimate of drug-likeness (QED) is 0.598. The van der Waals surface area contributed by atoms with Gasteiger partial charge in [-0.25, -0.2) is 0 Å². The van der Waals surface area contributed by atoms with Gasteiger partial charge in [-0.2, -0.15) is 0 Å². The Hall–Kier alpha value is -0.540. The topological polar surface area (TPSA) is 25.2 Å². The Morgan fingerprint density at radius 1 is 1.60 bits per heavy atom. The number of allylic oxidation sites excluding steroid dienone is 1. The Morgan fingerprint density at radius 2 is 2.40 bits per heavy atom. The molecule has 1 N–H and O–H groups in total. The lowest BCUT2D eigenvalue weighted by molar-refractivity contribution is 0.386. The molecule has 0 spiro atoms. The molecule has 84 valence electrons. The van der Waals surface area contributed by atoms with Crippen molar-refractivity contribution in [2.75, 3.05) is 6.54 Å². The molecule has 15 heavy (non-hydrogen) atoms. The molecule has 1 heterocycles. The van der Waals surface area contributed by atoms with Gasteiger partial charge in [-0.1, -0.05) is 13.0 Å². The molecule has 1 aromatic heterocycles. The molecule has 0 saturated heterocycles. The van der Waals surface area contributed by atoms with Gasteiger partial charge in [-0.3, -0.25) is 0 Å². The van der Waals surface area contributed by atoms with E-state index in [-0.39, 0.29) is 0 Å². The summed E-state index contributed by atoms with van der Waals surface area (Å²) >= 11 is 3.32. The van der Waals surface area contributed by atoms with Gasteiger partial charge in [0.15, 0.2) is 4.67 Å². The third-order valence-electron chi connectivity index (χ3n) is 2.29. The van der Waals surface area contributed by atoms with E-state index >= 15 is 0 Å². The summed E-state index contributed by atoms with van der Waals surface area (Å²) in [5.41, 5.74) is 0. The Morgan fingerprint density at radius 3 is 2.93 bits per heavy atom. The van der Waals surface area contributed by atoms with Crippen LogP contribution in [0.2, 0.25) is 0 Å². The Labute approximate surface area is 99.9 Å². The minimum Gasteiger partial charge on any atom is -0.453 e. The summed E-state index contributed by atoms with van der Waals surface area (Å²) in [5, 5.41) is 3.42. The van der Waals surface area contributed by atoms with Crippen LogP contribution in [0, 0.1) is 0 Å². The van der Waals surface area contributed by atoms with Crippen LogP contribution in [-0.4, -0.2) is 6.54 Å². The predicted octanol–water partition coefficient (Wildman–Crippen LogP) is 4.05. The lowest BCUT2D eigenvalue weighted by atomic mass is 10.1. The van der Waals surface area contributed by atoms with Crippen LogP contribution in [0.4, 0.5) is 0 Å². The van der Waals surface area contributed by atoms with E-state index in [1.807, 2.05) is 18.2 Å². The van der Waals surface area contributed by atoms with Crippen molar-refractivity contribution in [1.29, 1.82) is 0 Å². The number of hydrogen-bond donors (Lipinski definition) is 1. The average Bonchev–Trinajstić information content (AvgIpc) is 2.64. The molecule has 1 unspecified atom stereocenters. The Kier molecular flexibility index (Phi) is 5.73. The maximum Gasteiger partial charge on any atom is 0.169 e. The summed E-state index contributed by atoms with van der Waals surface area (Å²) in [7, 11) is 0. The fourth-order valence-electron chi connectivity index (χ4n) is 1.57. The van der Waals surface area contributed by atoms with E-state index in [0.29, 0.717) is 6.04 Å². The number of hydrogen-bond acceptors (Lipinski definition) is 2. The summed E-state index contributed by atoms with van der Waals surface area (Å²) in [6, 6.07) is 4.28. The molecule has 0 bridgehead atoms. The van der Waals surface area contributed by atoms with Crippen molar-refractivity contribution in [3.63, 3.8) is 0 Å². The molecular formula is C12H18BrNO. The second kappa shape index (κ2) is 6.85. The minimum absolute atomic E-state index is 0.321. The molecular weight excluding hydrogens is 254 g/mol. The second-order valence-electron chi connectivity index (χ2n) is 3.47. The molecule has 0 saturated carbocycles. The van der Waals surface area contributed by atoms with Gasteiger partial charge in [0.1, 0.15) is 5.76 Å². The lowest BCUT2D eigenvalue weighted by Crippen LogP contribution is -2.20. The number of furan rings is 1. The van der Waals surface area contributed by atoms with Gasteiger partial charge in [0.2, 0.25) is 0 Å². The Bertz CT molecular complexity index is 296. The van der Waals surface area contributed by atoms with E-state index in [1.165, 1.54) is 0 Å². The van der Waals surface area contributed by atoms with Crippen molar-refractivity contribution in [2.45, 2.75) is 32.2 Å². The van der Waals surface area contributed by atoms with Gasteiger partial charge >= 0.3 is 0 Å². The fourth-order valence-corrected chi connectivity index (χ4v) is 1.89. The van der Waals surface area contributed by atoms with Crippen LogP contribution in [0.5, 0.6) is 0 Å². The van der Waals surface area contributed by atoms with E-state index in [1.54, 1.807) is 0 Å². The fraction of sp³-hybridized carbons (Fsp3) is 0.500. The molecule has 1 aromatic rings. The molecule has 0 aromatic carbocycles. The molecule has 0 aliphatic rings. The van der Waals surface area contributed by atoms with Gasteiger partial charge in [0.05, 0.1) is 6.04 Å². The summed E-state index contributed by atoms with van der Waals surface area (Å²) in [5.74, 6) is 1.01. The first-order valence-electron chi connectivity index (χ1n) is 5.37. The van der Waals surface area contributed by atoms with E-state index in [2.05, 4.69) is 34.7 Å². The first-order valence-corrected chi connectivity index (χ1v) is 6.16. The van der Waals surface area contributed by atoms with E-state index < -0.39 is 0 Å². The third-order valence-corrected chi connectivity index (χ3v) is 2.72. The summed E-state index contributed by atoms with van der Waals surface area (Å²) in [6.45, 7) is 6.79. The maximum atomic E-state index is 5.56. The zero-order valence-corrected chi connectivity index (χ0v) is 10.7. The van der Waals surface area contributed by atoms with E-state index in [4.69, 9.17) is 4.42 Å². The van der Waals surface area contributed by atoms with Crippen LogP contribution in [0.15, 0.2) is 33.9 Å². The zero-order valence-electron chi connectivity index (χ0n) is 9.13. The highest BCUT2D eigenvalue weighted by Gasteiger charge is 2.13. The first kappa shape index (κ1) is 12.5. The molecule has 2 nitrogen and oxygen atoms in total. The molecule has 3 heteroatoms. The third kappa shape index (κ3) is 4.22. The van der Waals surface area contributed by atoms with Crippen LogP contribution in [0.1, 0.15) is 38.0 Å². The highest BCUT2D eigenvalue weighted by molar-refractivity contribution is 9.10. The molecule has 0 radical (unpaired) electrons. The highest BCUT2D eigenvalue weighted by atomic mass is 79.9. The zero-order chi connectivity index (χ0) is 11.1. The number of unbranched alkanes of at least 4 members (excludes halogenated alkanes) is 1. The second-order valence-corrected chi connectivity index (χ2v) is 4.25. The number of nitrogens with one attached hydrogen (secondary N) is 1. The average molecular weight is 272 g/mol. The molecule has 0 aliphatic heterocycles. The van der Waals surface area contributed by atoms with Crippen molar-refractivity contribution in [1.82, 2.24) is 5.32 Å². The SMILES string of the molecule is C=CCCCC(NCC)c1ccc(Br)o1. The number of rotatable bonds is 7. The van der Waals surface area contributed by atoms with Gasteiger partial charge < -0.3 is 9.73 Å². The minimum atomic E-state index is 0.321. The van der Waals surface area contributed by atoms with E-state index in [0.717, 1.165) is 36.2 Å². The van der Waals surface area contributed by atoms with Crippen molar-refractivity contribution in [3.05, 3.63) is 35.2 Å². The molecule has 0 fully saturated rings. The van der Waals surface area contributed by atoms with Crippen molar-refractivity contribution in [3.8, 4) is 0 Å². The summed E-state index contributed by atoms with van der Waals surface area (Å²) in [4.78, 5) is 0. The maximum absolute atomic E-state index is 5.56. The van der Waals surface area contributed by atoms with Crippen molar-refractivity contribution < 1.29 is 4.42 Å². The lowest BCUT2D eigenvalue weighted by Gasteiger charge is -2.14. The highest BCUT2D eigenvalue weighted by Crippen LogP contribution is 2.24. The molecule has 1 atom stereocenters. The molecule has 1 rings (SSSR count). The van der Waals surface area contributed by atoms with Crippen LogP contribution < -0.4 is 5.32 Å². The molecule has 0 aliphatic carbocycles. The smallest absolute Gasteiger partial charge is 0.169 e. The van der Waals surface area contributed by atoms with E-state index in [9.17, 15) is 0 Å². The monoisotopic (exact) mass is 271 g/mol. The summed E-state index contributed by atoms with van der Waals surface area (Å²) in [6.07, 6.45) is 5.24. The van der Waals surface area contributed by atoms with Gasteiger partial charge in [0.25, 0.3) is 0 Å². The van der Waals surface area contributed by atoms with Crippen LogP contribution >= 0.6 is 15.9 Å². The van der Waals surface area contributed by atoms with Gasteiger partial charge in [-0.05, 0) is 53.9 Å². The summed E-state index contributed by atoms with van der Waals surface area (Å²) < 4.78 is 6.35. The number of halogens is 1. The standard InChI is InChI=1S/C12H18BrNO/c1-3-5-6-7-10(14-4-2)11-8-9-12(13)15-11/h3,8-10,14H,1,4-7H2,2H3. The Balaban J connectivity index is 2.52. The van der Waals surface area contributed by atoms with Crippen LogP contribution in [0.25, 0.3) is 0 Å². The largest absolute Gasteiger partial charge is 0.453 e. The van der Waals surface area contributed by atoms with Crippen molar-refractivity contribution >= 4 is 15.9 Å². The first-order chi connectivity index (χ1) is 7.27. The molecule has 0 amide bonds. The normalized spacial score (nSPS) is 12.7. The van der Waals surface area contributed by atoms with Gasteiger partial charge in [-0.15, -0.1) is 6.58 Å².